The summed E-state index contributed by atoms with van der Waals surface area (Å²) in [5.41, 5.74) is 0.299. The summed E-state index contributed by atoms with van der Waals surface area (Å²) in [4.78, 5) is 11.7. The van der Waals surface area contributed by atoms with Gasteiger partial charge in [0.25, 0.3) is 0 Å². The topological polar surface area (TPSA) is 49.3 Å². The average Bonchev–Trinajstić information content (AvgIpc) is 2.25. The van der Waals surface area contributed by atoms with Crippen molar-refractivity contribution in [2.24, 2.45) is 0 Å². The number of hydrogen-bond acceptors (Lipinski definition) is 2. The summed E-state index contributed by atoms with van der Waals surface area (Å²) in [6.45, 7) is 5.21. The van der Waals surface area contributed by atoms with E-state index in [1.807, 2.05) is 24.3 Å². The lowest BCUT2D eigenvalue weighted by Gasteiger charge is -2.28. The maximum Gasteiger partial charge on any atom is 0.244 e. The maximum absolute atomic E-state index is 11.7. The molecule has 1 aromatic carbocycles. The van der Waals surface area contributed by atoms with Crippen molar-refractivity contribution in [3.8, 4) is 0 Å². The Hall–Kier alpha value is -1.13. The highest BCUT2D eigenvalue weighted by atomic mass is 79.9. The van der Waals surface area contributed by atoms with Gasteiger partial charge in [-0.05, 0) is 44.5 Å². The minimum Gasteiger partial charge on any atom is -0.391 e. The first-order chi connectivity index (χ1) is 8.31. The fraction of sp³-hybridized carbons (Fsp3) is 0.357. The van der Waals surface area contributed by atoms with Crippen LogP contribution in [0.1, 0.15) is 26.3 Å². The Bertz CT molecular complexity index is 453. The Balaban J connectivity index is 2.66. The highest BCUT2D eigenvalue weighted by Gasteiger charge is 2.24. The van der Waals surface area contributed by atoms with E-state index in [2.05, 4.69) is 21.2 Å². The van der Waals surface area contributed by atoms with Gasteiger partial charge in [0.15, 0.2) is 0 Å². The summed E-state index contributed by atoms with van der Waals surface area (Å²) in [7, 11) is 0. The van der Waals surface area contributed by atoms with Crippen LogP contribution < -0.4 is 5.32 Å². The molecule has 98 valence electrons. The number of amides is 1. The van der Waals surface area contributed by atoms with E-state index in [4.69, 9.17) is 0 Å². The third kappa shape index (κ3) is 4.63. The third-order valence-corrected chi connectivity index (χ3v) is 3.26. The maximum atomic E-state index is 11.7. The van der Waals surface area contributed by atoms with Crippen LogP contribution in [-0.4, -0.2) is 22.7 Å². The van der Waals surface area contributed by atoms with E-state index in [1.165, 1.54) is 6.08 Å². The highest BCUT2D eigenvalue weighted by Crippen LogP contribution is 2.13. The standard InChI is InChI=1S/C14H18BrNO2/c1-10(17)14(2,3)16-13(18)8-7-11-5-4-6-12(15)9-11/h4-10,17H,1-3H3,(H,16,18)/b8-7+. The average molecular weight is 312 g/mol. The smallest absolute Gasteiger partial charge is 0.244 e. The monoisotopic (exact) mass is 311 g/mol. The van der Waals surface area contributed by atoms with Gasteiger partial charge in [-0.1, -0.05) is 28.1 Å². The van der Waals surface area contributed by atoms with Gasteiger partial charge in [0.2, 0.25) is 5.91 Å². The van der Waals surface area contributed by atoms with Crippen molar-refractivity contribution < 1.29 is 9.90 Å². The second-order valence-corrected chi connectivity index (χ2v) is 5.69. The lowest BCUT2D eigenvalue weighted by atomic mass is 9.99. The van der Waals surface area contributed by atoms with E-state index in [9.17, 15) is 9.90 Å². The van der Waals surface area contributed by atoms with Gasteiger partial charge in [-0.2, -0.15) is 0 Å². The van der Waals surface area contributed by atoms with E-state index >= 15 is 0 Å². The van der Waals surface area contributed by atoms with Gasteiger partial charge in [-0.15, -0.1) is 0 Å². The van der Waals surface area contributed by atoms with Gasteiger partial charge >= 0.3 is 0 Å². The zero-order valence-electron chi connectivity index (χ0n) is 10.8. The van der Waals surface area contributed by atoms with Crippen molar-refractivity contribution in [1.82, 2.24) is 5.32 Å². The van der Waals surface area contributed by atoms with Crippen molar-refractivity contribution in [3.05, 3.63) is 40.4 Å². The first kappa shape index (κ1) is 14.9. The molecule has 1 atom stereocenters. The van der Waals surface area contributed by atoms with Crippen LogP contribution in [0.5, 0.6) is 0 Å². The predicted molar refractivity (Wildman–Crippen MR) is 77.1 cm³/mol. The van der Waals surface area contributed by atoms with E-state index in [1.54, 1.807) is 26.8 Å². The highest BCUT2D eigenvalue weighted by molar-refractivity contribution is 9.10. The number of benzene rings is 1. The summed E-state index contributed by atoms with van der Waals surface area (Å²) in [6, 6.07) is 7.66. The van der Waals surface area contributed by atoms with E-state index < -0.39 is 11.6 Å². The molecule has 0 saturated carbocycles. The van der Waals surface area contributed by atoms with Crippen LogP contribution in [0.2, 0.25) is 0 Å². The number of hydrogen-bond donors (Lipinski definition) is 2. The van der Waals surface area contributed by atoms with Crippen LogP contribution in [0.25, 0.3) is 6.08 Å². The Morgan fingerprint density at radius 1 is 1.50 bits per heavy atom. The predicted octanol–water partition coefficient (Wildman–Crippen LogP) is 2.74. The van der Waals surface area contributed by atoms with Crippen molar-refractivity contribution in [2.45, 2.75) is 32.4 Å². The Kier molecular flexibility index (Phi) is 5.11. The fourth-order valence-corrected chi connectivity index (χ4v) is 1.66. The van der Waals surface area contributed by atoms with Gasteiger partial charge < -0.3 is 10.4 Å². The molecule has 0 aromatic heterocycles. The van der Waals surface area contributed by atoms with E-state index in [0.717, 1.165) is 10.0 Å². The molecule has 0 radical (unpaired) electrons. The molecule has 4 heteroatoms. The Morgan fingerprint density at radius 2 is 2.17 bits per heavy atom. The minimum atomic E-state index is -0.640. The minimum absolute atomic E-state index is 0.221. The van der Waals surface area contributed by atoms with Crippen LogP contribution in [-0.2, 0) is 4.79 Å². The van der Waals surface area contributed by atoms with Gasteiger partial charge in [0.1, 0.15) is 0 Å². The van der Waals surface area contributed by atoms with Gasteiger partial charge in [0, 0.05) is 10.5 Å². The molecule has 0 fully saturated rings. The van der Waals surface area contributed by atoms with Crippen LogP contribution in [0.3, 0.4) is 0 Å². The number of rotatable bonds is 4. The molecular weight excluding hydrogens is 294 g/mol. The van der Waals surface area contributed by atoms with Gasteiger partial charge in [-0.3, -0.25) is 4.79 Å². The molecule has 3 nitrogen and oxygen atoms in total. The molecule has 1 unspecified atom stereocenters. The summed E-state index contributed by atoms with van der Waals surface area (Å²) in [5, 5.41) is 12.3. The molecule has 1 rings (SSSR count). The molecule has 0 spiro atoms. The lowest BCUT2D eigenvalue weighted by molar-refractivity contribution is -0.119. The first-order valence-corrected chi connectivity index (χ1v) is 6.54. The molecular formula is C14H18BrNO2. The largest absolute Gasteiger partial charge is 0.391 e. The second-order valence-electron chi connectivity index (χ2n) is 4.78. The zero-order valence-corrected chi connectivity index (χ0v) is 12.4. The summed E-state index contributed by atoms with van der Waals surface area (Å²) < 4.78 is 0.967. The molecule has 1 amide bonds. The number of halogens is 1. The van der Waals surface area contributed by atoms with Crippen LogP contribution in [0.4, 0.5) is 0 Å². The summed E-state index contributed by atoms with van der Waals surface area (Å²) in [5.74, 6) is -0.221. The SMILES string of the molecule is CC(O)C(C)(C)NC(=O)/C=C/c1cccc(Br)c1. The Labute approximate surface area is 116 Å². The molecule has 0 bridgehead atoms. The van der Waals surface area contributed by atoms with E-state index in [0.29, 0.717) is 0 Å². The molecule has 0 saturated heterocycles. The Morgan fingerprint density at radius 3 is 2.72 bits per heavy atom. The van der Waals surface area contributed by atoms with Crippen LogP contribution >= 0.6 is 15.9 Å². The first-order valence-electron chi connectivity index (χ1n) is 5.75. The third-order valence-electron chi connectivity index (χ3n) is 2.77. The molecule has 0 aliphatic rings. The number of nitrogens with one attached hydrogen (secondary N) is 1. The summed E-state index contributed by atoms with van der Waals surface area (Å²) >= 11 is 3.37. The molecule has 0 aliphatic heterocycles. The number of aliphatic hydroxyl groups is 1. The number of carbonyl (C=O) groups excluding carboxylic acids is 1. The summed E-state index contributed by atoms with van der Waals surface area (Å²) in [6.07, 6.45) is 2.59. The van der Waals surface area contributed by atoms with Gasteiger partial charge in [0.05, 0.1) is 11.6 Å². The quantitative estimate of drug-likeness (QED) is 0.840. The fourth-order valence-electron chi connectivity index (χ4n) is 1.25. The number of aliphatic hydroxyl groups excluding tert-OH is 1. The van der Waals surface area contributed by atoms with Crippen molar-refractivity contribution >= 4 is 27.9 Å². The van der Waals surface area contributed by atoms with E-state index in [-0.39, 0.29) is 5.91 Å². The van der Waals surface area contributed by atoms with Crippen LogP contribution in [0.15, 0.2) is 34.8 Å². The molecule has 2 N–H and O–H groups in total. The molecule has 18 heavy (non-hydrogen) atoms. The molecule has 1 aromatic rings. The normalized spacial score (nSPS) is 13.6. The van der Waals surface area contributed by atoms with Crippen LogP contribution in [0, 0.1) is 0 Å². The van der Waals surface area contributed by atoms with Crippen molar-refractivity contribution in [2.75, 3.05) is 0 Å². The molecule has 0 heterocycles. The number of carbonyl (C=O) groups is 1. The molecule has 0 aliphatic carbocycles. The van der Waals surface area contributed by atoms with Crippen molar-refractivity contribution in [1.29, 1.82) is 0 Å². The zero-order chi connectivity index (χ0) is 13.8. The second kappa shape index (κ2) is 6.16. The lowest BCUT2D eigenvalue weighted by Crippen LogP contribution is -2.50. The van der Waals surface area contributed by atoms with Crippen molar-refractivity contribution in [3.63, 3.8) is 0 Å². The van der Waals surface area contributed by atoms with Gasteiger partial charge in [-0.25, -0.2) is 0 Å².